The molecule has 2 aliphatic rings. The van der Waals surface area contributed by atoms with Crippen LogP contribution < -0.4 is 4.74 Å². The molecule has 2 amide bonds. The molecule has 1 unspecified atom stereocenters. The highest BCUT2D eigenvalue weighted by atomic mass is 16.5. The second-order valence-electron chi connectivity index (χ2n) is 6.09. The van der Waals surface area contributed by atoms with Crippen molar-refractivity contribution >= 4 is 11.8 Å². The van der Waals surface area contributed by atoms with E-state index < -0.39 is 0 Å². The van der Waals surface area contributed by atoms with Gasteiger partial charge in [0.2, 0.25) is 0 Å². The zero-order valence-electron chi connectivity index (χ0n) is 14.0. The molecule has 0 bridgehead atoms. The molecule has 132 valence electrons. The molecule has 0 spiro atoms. The van der Waals surface area contributed by atoms with Crippen LogP contribution in [0.25, 0.3) is 0 Å². The van der Waals surface area contributed by atoms with Gasteiger partial charge < -0.3 is 19.3 Å². The van der Waals surface area contributed by atoms with Crippen molar-refractivity contribution in [2.75, 3.05) is 39.4 Å². The lowest BCUT2D eigenvalue weighted by molar-refractivity contribution is -0.142. The summed E-state index contributed by atoms with van der Waals surface area (Å²) in [6.45, 7) is 2.74. The SMILES string of the molecule is N#CCOc1ccc(C(=O)N2CCN(C(=O)C3CCCO3)CC2)cc1. The molecule has 7 heteroatoms. The van der Waals surface area contributed by atoms with Crippen molar-refractivity contribution in [2.45, 2.75) is 18.9 Å². The van der Waals surface area contributed by atoms with Gasteiger partial charge in [-0.25, -0.2) is 0 Å². The minimum Gasteiger partial charge on any atom is -0.479 e. The van der Waals surface area contributed by atoms with E-state index in [0.717, 1.165) is 12.8 Å². The van der Waals surface area contributed by atoms with Gasteiger partial charge in [-0.1, -0.05) is 0 Å². The molecule has 25 heavy (non-hydrogen) atoms. The van der Waals surface area contributed by atoms with E-state index in [1.807, 2.05) is 6.07 Å². The lowest BCUT2D eigenvalue weighted by Gasteiger charge is -2.35. The summed E-state index contributed by atoms with van der Waals surface area (Å²) in [7, 11) is 0. The Bertz CT molecular complexity index is 654. The van der Waals surface area contributed by atoms with Crippen LogP contribution in [0.3, 0.4) is 0 Å². The van der Waals surface area contributed by atoms with E-state index in [1.165, 1.54) is 0 Å². The zero-order valence-corrected chi connectivity index (χ0v) is 14.0. The van der Waals surface area contributed by atoms with Crippen LogP contribution in [0, 0.1) is 11.3 Å². The molecule has 0 radical (unpaired) electrons. The van der Waals surface area contributed by atoms with Gasteiger partial charge in [0, 0.05) is 38.3 Å². The van der Waals surface area contributed by atoms with E-state index in [9.17, 15) is 9.59 Å². The van der Waals surface area contributed by atoms with Gasteiger partial charge in [0.25, 0.3) is 11.8 Å². The largest absolute Gasteiger partial charge is 0.479 e. The van der Waals surface area contributed by atoms with E-state index in [1.54, 1.807) is 34.1 Å². The number of nitriles is 1. The van der Waals surface area contributed by atoms with Gasteiger partial charge in [-0.2, -0.15) is 5.26 Å². The quantitative estimate of drug-likeness (QED) is 0.816. The number of nitrogens with zero attached hydrogens (tertiary/aromatic N) is 3. The first-order valence-electron chi connectivity index (χ1n) is 8.48. The smallest absolute Gasteiger partial charge is 0.253 e. The Morgan fingerprint density at radius 3 is 2.44 bits per heavy atom. The monoisotopic (exact) mass is 343 g/mol. The van der Waals surface area contributed by atoms with Crippen LogP contribution in [0.4, 0.5) is 0 Å². The maximum atomic E-state index is 12.6. The van der Waals surface area contributed by atoms with E-state index in [0.29, 0.717) is 44.1 Å². The van der Waals surface area contributed by atoms with Crippen LogP contribution in [0.15, 0.2) is 24.3 Å². The standard InChI is InChI=1S/C18H21N3O4/c19-7-13-24-15-5-3-14(4-6-15)17(22)20-8-10-21(11-9-20)18(23)16-2-1-12-25-16/h3-6,16H,1-2,8-13H2. The van der Waals surface area contributed by atoms with Crippen molar-refractivity contribution < 1.29 is 19.1 Å². The van der Waals surface area contributed by atoms with Crippen LogP contribution in [0.5, 0.6) is 5.75 Å². The van der Waals surface area contributed by atoms with E-state index in [4.69, 9.17) is 14.7 Å². The Kier molecular flexibility index (Phi) is 5.51. The first-order chi connectivity index (χ1) is 12.2. The van der Waals surface area contributed by atoms with Crippen molar-refractivity contribution in [3.8, 4) is 11.8 Å². The number of rotatable bonds is 4. The fourth-order valence-corrected chi connectivity index (χ4v) is 3.10. The van der Waals surface area contributed by atoms with Crippen molar-refractivity contribution in [3.63, 3.8) is 0 Å². The molecule has 1 aromatic rings. The average Bonchev–Trinajstić information content (AvgIpc) is 3.20. The Morgan fingerprint density at radius 1 is 1.16 bits per heavy atom. The summed E-state index contributed by atoms with van der Waals surface area (Å²) in [4.78, 5) is 28.4. The van der Waals surface area contributed by atoms with Gasteiger partial charge in [-0.05, 0) is 37.1 Å². The number of piperazine rings is 1. The van der Waals surface area contributed by atoms with Crippen LogP contribution in [0.2, 0.25) is 0 Å². The minimum atomic E-state index is -0.303. The highest BCUT2D eigenvalue weighted by Crippen LogP contribution is 2.18. The van der Waals surface area contributed by atoms with Gasteiger partial charge in [0.1, 0.15) is 17.9 Å². The molecule has 2 saturated heterocycles. The molecular weight excluding hydrogens is 322 g/mol. The molecule has 3 rings (SSSR count). The summed E-state index contributed by atoms with van der Waals surface area (Å²) >= 11 is 0. The summed E-state index contributed by atoms with van der Waals surface area (Å²) in [5.41, 5.74) is 0.572. The number of amides is 2. The molecule has 0 saturated carbocycles. The number of ether oxygens (including phenoxy) is 2. The molecule has 0 N–H and O–H groups in total. The first kappa shape index (κ1) is 17.2. The van der Waals surface area contributed by atoms with Crippen LogP contribution >= 0.6 is 0 Å². The molecule has 2 heterocycles. The Balaban J connectivity index is 1.52. The van der Waals surface area contributed by atoms with E-state index >= 15 is 0 Å². The maximum Gasteiger partial charge on any atom is 0.253 e. The second-order valence-corrected chi connectivity index (χ2v) is 6.09. The third kappa shape index (κ3) is 4.09. The van der Waals surface area contributed by atoms with Crippen molar-refractivity contribution in [3.05, 3.63) is 29.8 Å². The first-order valence-corrected chi connectivity index (χ1v) is 8.48. The van der Waals surface area contributed by atoms with Crippen molar-refractivity contribution in [1.82, 2.24) is 9.80 Å². The predicted octanol–water partition coefficient (Wildman–Crippen LogP) is 1.05. The molecule has 1 atom stereocenters. The molecule has 2 aliphatic heterocycles. The van der Waals surface area contributed by atoms with Crippen LogP contribution in [-0.4, -0.2) is 67.1 Å². The Morgan fingerprint density at radius 2 is 1.84 bits per heavy atom. The van der Waals surface area contributed by atoms with Gasteiger partial charge in [-0.15, -0.1) is 0 Å². The molecular formula is C18H21N3O4. The summed E-state index contributed by atoms with van der Waals surface area (Å²) in [6.07, 6.45) is 1.42. The minimum absolute atomic E-state index is 0.0199. The Labute approximate surface area is 146 Å². The van der Waals surface area contributed by atoms with Crippen molar-refractivity contribution in [1.29, 1.82) is 5.26 Å². The number of benzene rings is 1. The summed E-state index contributed by atoms with van der Waals surface area (Å²) in [6, 6.07) is 8.65. The zero-order chi connectivity index (χ0) is 17.6. The molecule has 0 aromatic heterocycles. The molecule has 2 fully saturated rings. The highest BCUT2D eigenvalue weighted by molar-refractivity contribution is 5.94. The fraction of sp³-hybridized carbons (Fsp3) is 0.500. The number of carbonyl (C=O) groups excluding carboxylic acids is 2. The fourth-order valence-electron chi connectivity index (χ4n) is 3.10. The Hall–Kier alpha value is -2.59. The predicted molar refractivity (Wildman–Crippen MR) is 89.0 cm³/mol. The molecule has 7 nitrogen and oxygen atoms in total. The lowest BCUT2D eigenvalue weighted by atomic mass is 10.1. The highest BCUT2D eigenvalue weighted by Gasteiger charge is 2.31. The second kappa shape index (κ2) is 7.99. The van der Waals surface area contributed by atoms with E-state index in [2.05, 4.69) is 0 Å². The maximum absolute atomic E-state index is 12.6. The number of hydrogen-bond donors (Lipinski definition) is 0. The van der Waals surface area contributed by atoms with E-state index in [-0.39, 0.29) is 24.5 Å². The van der Waals surface area contributed by atoms with Gasteiger partial charge >= 0.3 is 0 Å². The van der Waals surface area contributed by atoms with Crippen molar-refractivity contribution in [2.24, 2.45) is 0 Å². The normalized spacial score (nSPS) is 20.2. The third-order valence-corrected chi connectivity index (χ3v) is 4.49. The summed E-state index contributed by atoms with van der Waals surface area (Å²) < 4.78 is 10.6. The van der Waals surface area contributed by atoms with Crippen LogP contribution in [-0.2, 0) is 9.53 Å². The van der Waals surface area contributed by atoms with Gasteiger partial charge in [-0.3, -0.25) is 9.59 Å². The summed E-state index contributed by atoms with van der Waals surface area (Å²) in [5, 5.41) is 8.50. The molecule has 0 aliphatic carbocycles. The summed E-state index contributed by atoms with van der Waals surface area (Å²) in [5.74, 6) is 0.546. The van der Waals surface area contributed by atoms with Gasteiger partial charge in [0.15, 0.2) is 6.61 Å². The third-order valence-electron chi connectivity index (χ3n) is 4.49. The average molecular weight is 343 g/mol. The molecule has 1 aromatic carbocycles. The van der Waals surface area contributed by atoms with Crippen LogP contribution in [0.1, 0.15) is 23.2 Å². The number of carbonyl (C=O) groups is 2. The van der Waals surface area contributed by atoms with Gasteiger partial charge in [0.05, 0.1) is 0 Å². The number of hydrogen-bond acceptors (Lipinski definition) is 5. The topological polar surface area (TPSA) is 82.9 Å². The lowest BCUT2D eigenvalue weighted by Crippen LogP contribution is -2.52.